The Labute approximate surface area is 193 Å². The molecule has 0 amide bonds. The zero-order chi connectivity index (χ0) is 22.9. The van der Waals surface area contributed by atoms with Crippen molar-refractivity contribution >= 4 is 28.9 Å². The highest BCUT2D eigenvalue weighted by atomic mass is 16.4. The van der Waals surface area contributed by atoms with Gasteiger partial charge >= 0.3 is 5.97 Å². The monoisotopic (exact) mass is 446 g/mol. The number of fused-ring (bicyclic) bond motifs is 2. The van der Waals surface area contributed by atoms with Gasteiger partial charge < -0.3 is 15.7 Å². The second kappa shape index (κ2) is 9.00. The Hall–Kier alpha value is -3.15. The number of carboxylic acid groups (broad SMARTS) is 1. The molecule has 6 nitrogen and oxygen atoms in total. The Morgan fingerprint density at radius 2 is 1.30 bits per heavy atom. The molecule has 6 heteroatoms. The molecule has 3 aliphatic rings. The fourth-order valence-corrected chi connectivity index (χ4v) is 5.59. The van der Waals surface area contributed by atoms with Gasteiger partial charge in [0, 0.05) is 40.1 Å². The van der Waals surface area contributed by atoms with Crippen molar-refractivity contribution in [2.45, 2.75) is 76.3 Å². The van der Waals surface area contributed by atoms with Crippen molar-refractivity contribution < 1.29 is 19.5 Å². The third-order valence-electron chi connectivity index (χ3n) is 7.34. The van der Waals surface area contributed by atoms with E-state index < -0.39 is 5.97 Å². The summed E-state index contributed by atoms with van der Waals surface area (Å²) >= 11 is 0. The summed E-state index contributed by atoms with van der Waals surface area (Å²) in [6.45, 7) is 0. The summed E-state index contributed by atoms with van der Waals surface area (Å²) in [6, 6.07) is 8.80. The second-order valence-electron chi connectivity index (χ2n) is 9.59. The number of hydrogen-bond donors (Lipinski definition) is 3. The van der Waals surface area contributed by atoms with Gasteiger partial charge in [-0.3, -0.25) is 9.59 Å². The summed E-state index contributed by atoms with van der Waals surface area (Å²) in [5.74, 6) is -1.61. The van der Waals surface area contributed by atoms with Gasteiger partial charge in [0.1, 0.15) is 0 Å². The van der Waals surface area contributed by atoms with Crippen LogP contribution in [0, 0.1) is 0 Å². The van der Waals surface area contributed by atoms with Gasteiger partial charge in [0.2, 0.25) is 0 Å². The third-order valence-corrected chi connectivity index (χ3v) is 7.34. The Bertz CT molecular complexity index is 1110. The van der Waals surface area contributed by atoms with E-state index in [0.717, 1.165) is 51.4 Å². The van der Waals surface area contributed by atoms with Gasteiger partial charge in [-0.1, -0.05) is 50.7 Å². The number of nitrogens with one attached hydrogen (secondary N) is 2. The minimum atomic E-state index is -1.10. The normalized spacial score (nSPS) is 19.0. The number of anilines is 2. The van der Waals surface area contributed by atoms with Crippen molar-refractivity contribution in [2.75, 3.05) is 10.6 Å². The topological polar surface area (TPSA) is 95.5 Å². The Kier molecular flexibility index (Phi) is 5.92. The van der Waals surface area contributed by atoms with Gasteiger partial charge in [-0.05, 0) is 43.9 Å². The molecule has 3 aliphatic carbocycles. The molecule has 0 bridgehead atoms. The minimum Gasteiger partial charge on any atom is -0.478 e. The average Bonchev–Trinajstić information content (AvgIpc) is 2.83. The molecular formula is C27H30N2O4. The molecule has 0 heterocycles. The van der Waals surface area contributed by atoms with Crippen molar-refractivity contribution in [2.24, 2.45) is 0 Å². The SMILES string of the molecule is O=C(O)c1cc2c(cc1NC1CCCCC1)C(=O)c1cccc(NC3CCCCC3)c1C2=O. The van der Waals surface area contributed by atoms with Gasteiger partial charge in [0.15, 0.2) is 11.6 Å². The molecule has 0 atom stereocenters. The van der Waals surface area contributed by atoms with Crippen LogP contribution in [-0.4, -0.2) is 34.7 Å². The average molecular weight is 447 g/mol. The molecular weight excluding hydrogens is 416 g/mol. The lowest BCUT2D eigenvalue weighted by Gasteiger charge is -2.28. The highest BCUT2D eigenvalue weighted by molar-refractivity contribution is 6.31. The van der Waals surface area contributed by atoms with Crippen LogP contribution in [0.4, 0.5) is 11.4 Å². The number of aromatic carboxylic acids is 1. The Morgan fingerprint density at radius 3 is 1.91 bits per heavy atom. The van der Waals surface area contributed by atoms with Crippen LogP contribution in [0.25, 0.3) is 0 Å². The molecule has 2 fully saturated rings. The molecule has 3 N–H and O–H groups in total. The summed E-state index contributed by atoms with van der Waals surface area (Å²) in [4.78, 5) is 39.1. The maximum absolute atomic E-state index is 13.6. The van der Waals surface area contributed by atoms with Gasteiger partial charge in [0.25, 0.3) is 0 Å². The van der Waals surface area contributed by atoms with Crippen LogP contribution >= 0.6 is 0 Å². The summed E-state index contributed by atoms with van der Waals surface area (Å²) < 4.78 is 0. The van der Waals surface area contributed by atoms with E-state index in [0.29, 0.717) is 22.5 Å². The molecule has 0 unspecified atom stereocenters. The summed E-state index contributed by atoms with van der Waals surface area (Å²) in [7, 11) is 0. The number of carboxylic acids is 1. The lowest BCUT2D eigenvalue weighted by atomic mass is 9.81. The van der Waals surface area contributed by atoms with Crippen LogP contribution < -0.4 is 10.6 Å². The molecule has 2 aromatic carbocycles. The number of benzene rings is 2. The predicted octanol–water partition coefficient (Wildman–Crippen LogP) is 5.65. The van der Waals surface area contributed by atoms with Gasteiger partial charge in [-0.2, -0.15) is 0 Å². The highest BCUT2D eigenvalue weighted by Gasteiger charge is 2.34. The van der Waals surface area contributed by atoms with Crippen LogP contribution in [0.5, 0.6) is 0 Å². The van der Waals surface area contributed by atoms with E-state index in [9.17, 15) is 19.5 Å². The van der Waals surface area contributed by atoms with E-state index in [4.69, 9.17) is 0 Å². The molecule has 0 spiro atoms. The Morgan fingerprint density at radius 1 is 0.727 bits per heavy atom. The Balaban J connectivity index is 1.53. The smallest absolute Gasteiger partial charge is 0.337 e. The molecule has 0 aliphatic heterocycles. The van der Waals surface area contributed by atoms with Gasteiger partial charge in [-0.25, -0.2) is 4.79 Å². The zero-order valence-electron chi connectivity index (χ0n) is 18.8. The fraction of sp³-hybridized carbons (Fsp3) is 0.444. The second-order valence-corrected chi connectivity index (χ2v) is 9.59. The van der Waals surface area contributed by atoms with Crippen molar-refractivity contribution in [1.82, 2.24) is 0 Å². The third kappa shape index (κ3) is 4.14. The molecule has 0 aromatic heterocycles. The predicted molar refractivity (Wildman–Crippen MR) is 128 cm³/mol. The first kappa shape index (κ1) is 21.7. The van der Waals surface area contributed by atoms with Crippen molar-refractivity contribution in [3.05, 3.63) is 58.1 Å². The summed E-state index contributed by atoms with van der Waals surface area (Å²) in [5, 5.41) is 16.7. The maximum atomic E-state index is 13.6. The molecule has 2 saturated carbocycles. The van der Waals surface area contributed by atoms with Crippen LogP contribution in [0.2, 0.25) is 0 Å². The maximum Gasteiger partial charge on any atom is 0.337 e. The lowest BCUT2D eigenvalue weighted by molar-refractivity contribution is 0.0697. The minimum absolute atomic E-state index is 0.0432. The molecule has 172 valence electrons. The first-order chi connectivity index (χ1) is 16.0. The fourth-order valence-electron chi connectivity index (χ4n) is 5.59. The van der Waals surface area contributed by atoms with E-state index >= 15 is 0 Å². The number of ketones is 2. The lowest BCUT2D eigenvalue weighted by Crippen LogP contribution is -2.28. The summed E-state index contributed by atoms with van der Waals surface area (Å²) in [5.41, 5.74) is 2.35. The number of rotatable bonds is 5. The molecule has 0 saturated heterocycles. The van der Waals surface area contributed by atoms with E-state index in [1.165, 1.54) is 18.9 Å². The molecule has 5 rings (SSSR count). The molecule has 33 heavy (non-hydrogen) atoms. The number of carbonyl (C=O) groups is 3. The van der Waals surface area contributed by atoms with E-state index in [1.54, 1.807) is 12.1 Å². The number of hydrogen-bond acceptors (Lipinski definition) is 5. The highest BCUT2D eigenvalue weighted by Crippen LogP contribution is 2.36. The molecule has 2 aromatic rings. The van der Waals surface area contributed by atoms with Crippen molar-refractivity contribution in [3.63, 3.8) is 0 Å². The quantitative estimate of drug-likeness (QED) is 0.469. The molecule has 0 radical (unpaired) electrons. The zero-order valence-corrected chi connectivity index (χ0v) is 18.8. The summed E-state index contributed by atoms with van der Waals surface area (Å²) in [6.07, 6.45) is 11.0. The van der Waals surface area contributed by atoms with E-state index in [1.807, 2.05) is 12.1 Å². The van der Waals surface area contributed by atoms with Crippen LogP contribution in [0.15, 0.2) is 30.3 Å². The van der Waals surface area contributed by atoms with Gasteiger partial charge in [0.05, 0.1) is 11.1 Å². The standard InChI is InChI=1S/C27H30N2O4/c30-25-18-12-7-13-22(28-16-8-3-1-4-9-16)24(18)26(31)19-14-21(27(32)33)23(15-20(19)25)29-17-10-5-2-6-11-17/h7,12-17,28-29H,1-6,8-11H2,(H,32,33). The first-order valence-electron chi connectivity index (χ1n) is 12.2. The van der Waals surface area contributed by atoms with E-state index in [2.05, 4.69) is 10.6 Å². The van der Waals surface area contributed by atoms with Crippen LogP contribution in [0.1, 0.15) is 106 Å². The van der Waals surface area contributed by atoms with E-state index in [-0.39, 0.29) is 40.3 Å². The largest absolute Gasteiger partial charge is 0.478 e. The number of carbonyl (C=O) groups excluding carboxylic acids is 2. The van der Waals surface area contributed by atoms with Crippen molar-refractivity contribution in [1.29, 1.82) is 0 Å². The van der Waals surface area contributed by atoms with Crippen molar-refractivity contribution in [3.8, 4) is 0 Å². The van der Waals surface area contributed by atoms with Gasteiger partial charge in [-0.15, -0.1) is 0 Å². The first-order valence-corrected chi connectivity index (χ1v) is 12.2. The van der Waals surface area contributed by atoms with Crippen LogP contribution in [-0.2, 0) is 0 Å². The van der Waals surface area contributed by atoms with Crippen LogP contribution in [0.3, 0.4) is 0 Å².